The second kappa shape index (κ2) is 5.33. The lowest BCUT2D eigenvalue weighted by Gasteiger charge is -2.29. The third kappa shape index (κ3) is 2.55. The van der Waals surface area contributed by atoms with Crippen molar-refractivity contribution in [3.63, 3.8) is 0 Å². The molecule has 1 atom stereocenters. The number of piperazine rings is 1. The molecule has 2 aliphatic rings. The Kier molecular flexibility index (Phi) is 3.81. The first-order valence-electron chi connectivity index (χ1n) is 5.96. The minimum absolute atomic E-state index is 0.173. The molecule has 2 fully saturated rings. The summed E-state index contributed by atoms with van der Waals surface area (Å²) in [6.45, 7) is 6.03. The van der Waals surface area contributed by atoms with E-state index in [9.17, 15) is 4.79 Å². The maximum atomic E-state index is 12.2. The quantitative estimate of drug-likeness (QED) is 0.631. The molecular weight excluding hydrogens is 202 g/mol. The average Bonchev–Trinajstić information content (AvgIpc) is 2.78. The van der Waals surface area contributed by atoms with Crippen LogP contribution in [0.25, 0.3) is 0 Å². The lowest BCUT2D eigenvalue weighted by Crippen LogP contribution is -2.48. The highest BCUT2D eigenvalue weighted by molar-refractivity contribution is 5.79. The summed E-state index contributed by atoms with van der Waals surface area (Å²) in [5, 5.41) is 3.26. The van der Waals surface area contributed by atoms with Crippen molar-refractivity contribution in [2.45, 2.75) is 6.42 Å². The number of hydrogen-bond donors (Lipinski definition) is 1. The highest BCUT2D eigenvalue weighted by Gasteiger charge is 2.31. The topological polar surface area (TPSA) is 35.6 Å². The molecule has 0 aromatic carbocycles. The summed E-state index contributed by atoms with van der Waals surface area (Å²) < 4.78 is 0. The molecule has 1 amide bonds. The van der Waals surface area contributed by atoms with Crippen LogP contribution >= 0.6 is 0 Å². The maximum Gasteiger partial charge on any atom is 0.227 e. The highest BCUT2D eigenvalue weighted by atomic mass is 16.2. The summed E-state index contributed by atoms with van der Waals surface area (Å²) in [6, 6.07) is 0. The van der Waals surface area contributed by atoms with Gasteiger partial charge in [0.2, 0.25) is 5.91 Å². The lowest BCUT2D eigenvalue weighted by molar-refractivity contribution is -0.135. The van der Waals surface area contributed by atoms with E-state index < -0.39 is 0 Å². The molecule has 0 saturated carbocycles. The second-order valence-corrected chi connectivity index (χ2v) is 4.50. The van der Waals surface area contributed by atoms with Gasteiger partial charge in [0.1, 0.15) is 0 Å². The lowest BCUT2D eigenvalue weighted by atomic mass is 10.1. The van der Waals surface area contributed by atoms with Crippen LogP contribution in [0, 0.1) is 18.3 Å². The first-order valence-corrected chi connectivity index (χ1v) is 5.96. The molecule has 2 saturated heterocycles. The van der Waals surface area contributed by atoms with Gasteiger partial charge in [-0.05, 0) is 13.0 Å². The van der Waals surface area contributed by atoms with Gasteiger partial charge in [-0.1, -0.05) is 5.92 Å². The van der Waals surface area contributed by atoms with Crippen LogP contribution in [0.15, 0.2) is 0 Å². The Balaban J connectivity index is 1.84. The Bertz CT molecular complexity index is 291. The predicted octanol–water partition coefficient (Wildman–Crippen LogP) is -0.627. The van der Waals surface area contributed by atoms with Gasteiger partial charge >= 0.3 is 0 Å². The molecule has 4 heteroatoms. The van der Waals surface area contributed by atoms with Gasteiger partial charge in [0, 0.05) is 32.7 Å². The van der Waals surface area contributed by atoms with Crippen LogP contribution in [-0.4, -0.2) is 61.5 Å². The van der Waals surface area contributed by atoms with Gasteiger partial charge in [0.25, 0.3) is 0 Å². The third-order valence-corrected chi connectivity index (χ3v) is 3.37. The Morgan fingerprint density at radius 1 is 1.38 bits per heavy atom. The highest BCUT2D eigenvalue weighted by Crippen LogP contribution is 2.18. The van der Waals surface area contributed by atoms with E-state index in [1.54, 1.807) is 0 Å². The van der Waals surface area contributed by atoms with Crippen LogP contribution < -0.4 is 5.32 Å². The molecule has 2 rings (SSSR count). The van der Waals surface area contributed by atoms with Crippen molar-refractivity contribution < 1.29 is 4.79 Å². The monoisotopic (exact) mass is 221 g/mol. The molecule has 0 aromatic rings. The van der Waals surface area contributed by atoms with Crippen molar-refractivity contribution in [1.82, 2.24) is 15.1 Å². The minimum atomic E-state index is 0.173. The Morgan fingerprint density at radius 2 is 2.12 bits per heavy atom. The number of amides is 1. The van der Waals surface area contributed by atoms with Crippen molar-refractivity contribution in [2.75, 3.05) is 45.8 Å². The molecule has 1 N–H and O–H groups in total. The summed E-state index contributed by atoms with van der Waals surface area (Å²) >= 11 is 0. The standard InChI is InChI=1S/C12H19N3O/c1-2-6-14-7-3-11(10-14)12(16)15-8-4-13-5-9-15/h1,11,13H,3-10H2. The SMILES string of the molecule is C#CCN1CCC(C(=O)N2CCNCC2)C1. The second-order valence-electron chi connectivity index (χ2n) is 4.50. The van der Waals surface area contributed by atoms with Crippen LogP contribution in [0.3, 0.4) is 0 Å². The summed E-state index contributed by atoms with van der Waals surface area (Å²) in [5.41, 5.74) is 0. The third-order valence-electron chi connectivity index (χ3n) is 3.37. The fourth-order valence-electron chi connectivity index (χ4n) is 2.45. The molecule has 0 aromatic heterocycles. The number of nitrogens with zero attached hydrogens (tertiary/aromatic N) is 2. The fraction of sp³-hybridized carbons (Fsp3) is 0.750. The van der Waals surface area contributed by atoms with Crippen molar-refractivity contribution in [2.24, 2.45) is 5.92 Å². The van der Waals surface area contributed by atoms with Gasteiger partial charge in [-0.3, -0.25) is 9.69 Å². The number of terminal acetylenes is 1. The van der Waals surface area contributed by atoms with Gasteiger partial charge in [-0.2, -0.15) is 0 Å². The summed E-state index contributed by atoms with van der Waals surface area (Å²) in [4.78, 5) is 16.3. The van der Waals surface area contributed by atoms with Crippen LogP contribution in [0.2, 0.25) is 0 Å². The van der Waals surface area contributed by atoms with Crippen molar-refractivity contribution in [3.05, 3.63) is 0 Å². The number of nitrogens with one attached hydrogen (secondary N) is 1. The van der Waals surface area contributed by atoms with Gasteiger partial charge in [-0.15, -0.1) is 6.42 Å². The van der Waals surface area contributed by atoms with E-state index in [-0.39, 0.29) is 5.92 Å². The number of rotatable bonds is 2. The number of hydrogen-bond acceptors (Lipinski definition) is 3. The Labute approximate surface area is 97.0 Å². The fourth-order valence-corrected chi connectivity index (χ4v) is 2.45. The smallest absolute Gasteiger partial charge is 0.227 e. The molecular formula is C12H19N3O. The van der Waals surface area contributed by atoms with E-state index in [2.05, 4.69) is 16.1 Å². The number of likely N-dealkylation sites (tertiary alicyclic amines) is 1. The first kappa shape index (κ1) is 11.4. The molecule has 2 heterocycles. The first-order chi connectivity index (χ1) is 7.81. The van der Waals surface area contributed by atoms with E-state index in [1.807, 2.05) is 4.90 Å². The van der Waals surface area contributed by atoms with Gasteiger partial charge in [-0.25, -0.2) is 0 Å². The zero-order valence-electron chi connectivity index (χ0n) is 9.61. The van der Waals surface area contributed by atoms with E-state index >= 15 is 0 Å². The average molecular weight is 221 g/mol. The zero-order chi connectivity index (χ0) is 11.4. The van der Waals surface area contributed by atoms with Crippen LogP contribution in [0.4, 0.5) is 0 Å². The van der Waals surface area contributed by atoms with Crippen LogP contribution in [0.1, 0.15) is 6.42 Å². The predicted molar refractivity (Wildman–Crippen MR) is 62.8 cm³/mol. The molecule has 2 aliphatic heterocycles. The molecule has 0 radical (unpaired) electrons. The molecule has 1 unspecified atom stereocenters. The van der Waals surface area contributed by atoms with E-state index in [0.717, 1.165) is 45.7 Å². The van der Waals surface area contributed by atoms with E-state index in [0.29, 0.717) is 12.5 Å². The van der Waals surface area contributed by atoms with Gasteiger partial charge < -0.3 is 10.2 Å². The summed E-state index contributed by atoms with van der Waals surface area (Å²) in [7, 11) is 0. The van der Waals surface area contributed by atoms with E-state index in [4.69, 9.17) is 6.42 Å². The normalized spacial score (nSPS) is 26.7. The molecule has 88 valence electrons. The van der Waals surface area contributed by atoms with Gasteiger partial charge in [0.15, 0.2) is 0 Å². The number of carbonyl (C=O) groups is 1. The number of carbonyl (C=O) groups excluding carboxylic acids is 1. The molecule has 0 aliphatic carbocycles. The van der Waals surface area contributed by atoms with Crippen molar-refractivity contribution in [3.8, 4) is 12.3 Å². The molecule has 0 bridgehead atoms. The van der Waals surface area contributed by atoms with Crippen LogP contribution in [0.5, 0.6) is 0 Å². The van der Waals surface area contributed by atoms with Crippen molar-refractivity contribution in [1.29, 1.82) is 0 Å². The van der Waals surface area contributed by atoms with Crippen LogP contribution in [-0.2, 0) is 4.79 Å². The summed E-state index contributed by atoms with van der Waals surface area (Å²) in [6.07, 6.45) is 6.24. The van der Waals surface area contributed by atoms with Crippen molar-refractivity contribution >= 4 is 5.91 Å². The maximum absolute atomic E-state index is 12.2. The summed E-state index contributed by atoms with van der Waals surface area (Å²) in [5.74, 6) is 3.13. The van der Waals surface area contributed by atoms with E-state index in [1.165, 1.54) is 0 Å². The van der Waals surface area contributed by atoms with Gasteiger partial charge in [0.05, 0.1) is 12.5 Å². The zero-order valence-corrected chi connectivity index (χ0v) is 9.61. The largest absolute Gasteiger partial charge is 0.340 e. The molecule has 16 heavy (non-hydrogen) atoms. The Hall–Kier alpha value is -1.05. The molecule has 4 nitrogen and oxygen atoms in total. The Morgan fingerprint density at radius 3 is 2.81 bits per heavy atom. The molecule has 0 spiro atoms. The minimum Gasteiger partial charge on any atom is -0.340 e.